The van der Waals surface area contributed by atoms with Crippen molar-refractivity contribution >= 4 is 18.3 Å². The van der Waals surface area contributed by atoms with E-state index in [1.807, 2.05) is 38.5 Å². The summed E-state index contributed by atoms with van der Waals surface area (Å²) in [6.07, 6.45) is 4.84. The zero-order valence-corrected chi connectivity index (χ0v) is 17.7. The molecule has 0 aliphatic carbocycles. The quantitative estimate of drug-likeness (QED) is 0.746. The molecule has 0 saturated carbocycles. The average molecular weight is 421 g/mol. The second-order valence-corrected chi connectivity index (χ2v) is 7.75. The standard InChI is InChI=1S/C21H28N4O3.ClH/c1-14-3-4-15(20(7-14)28-17-5-6-27-13-17)8-23-21(26)19-11-22-10-18(19)16-9-24-25(2)12-16;/h3-4,7,9,12,17-19,22H,5-6,8,10-11,13H2,1-2H3,(H,23,26);1H/t17?,18-,19+;/m1./s1. The molecule has 2 saturated heterocycles. The summed E-state index contributed by atoms with van der Waals surface area (Å²) in [7, 11) is 1.90. The van der Waals surface area contributed by atoms with Crippen molar-refractivity contribution in [1.82, 2.24) is 20.4 Å². The van der Waals surface area contributed by atoms with Gasteiger partial charge >= 0.3 is 0 Å². The smallest absolute Gasteiger partial charge is 0.225 e. The molecule has 1 amide bonds. The van der Waals surface area contributed by atoms with Gasteiger partial charge in [-0.1, -0.05) is 12.1 Å². The highest BCUT2D eigenvalue weighted by atomic mass is 35.5. The zero-order chi connectivity index (χ0) is 19.5. The van der Waals surface area contributed by atoms with Crippen molar-refractivity contribution in [3.05, 3.63) is 47.3 Å². The number of amides is 1. The summed E-state index contributed by atoms with van der Waals surface area (Å²) in [4.78, 5) is 12.9. The van der Waals surface area contributed by atoms with Crippen LogP contribution in [0.25, 0.3) is 0 Å². The van der Waals surface area contributed by atoms with E-state index in [0.29, 0.717) is 19.7 Å². The van der Waals surface area contributed by atoms with Gasteiger partial charge in [0, 0.05) is 50.8 Å². The molecular formula is C21H29ClN4O3. The van der Waals surface area contributed by atoms with E-state index in [0.717, 1.165) is 42.0 Å². The van der Waals surface area contributed by atoms with Crippen LogP contribution in [0.1, 0.15) is 29.0 Å². The van der Waals surface area contributed by atoms with Crippen molar-refractivity contribution in [2.45, 2.75) is 31.9 Å². The van der Waals surface area contributed by atoms with E-state index >= 15 is 0 Å². The van der Waals surface area contributed by atoms with Gasteiger partial charge in [0.1, 0.15) is 11.9 Å². The Morgan fingerprint density at radius 1 is 1.41 bits per heavy atom. The first kappa shape index (κ1) is 21.6. The van der Waals surface area contributed by atoms with Gasteiger partial charge in [-0.15, -0.1) is 12.4 Å². The Bertz CT molecular complexity index is 835. The summed E-state index contributed by atoms with van der Waals surface area (Å²) in [6, 6.07) is 6.12. The number of nitrogens with zero attached hydrogens (tertiary/aromatic N) is 2. The molecule has 1 unspecified atom stereocenters. The highest BCUT2D eigenvalue weighted by molar-refractivity contribution is 5.85. The van der Waals surface area contributed by atoms with E-state index in [-0.39, 0.29) is 36.3 Å². The van der Waals surface area contributed by atoms with Crippen LogP contribution in [0.15, 0.2) is 30.6 Å². The fraction of sp³-hybridized carbons (Fsp3) is 0.524. The van der Waals surface area contributed by atoms with E-state index in [9.17, 15) is 4.79 Å². The molecule has 2 fully saturated rings. The van der Waals surface area contributed by atoms with Crippen molar-refractivity contribution < 1.29 is 14.3 Å². The van der Waals surface area contributed by atoms with Gasteiger partial charge in [0.2, 0.25) is 5.91 Å². The van der Waals surface area contributed by atoms with Gasteiger partial charge in [-0.3, -0.25) is 9.48 Å². The summed E-state index contributed by atoms with van der Waals surface area (Å²) < 4.78 is 13.3. The average Bonchev–Trinajstić information content (AvgIpc) is 3.42. The number of nitrogens with one attached hydrogen (secondary N) is 2. The maximum atomic E-state index is 12.9. The van der Waals surface area contributed by atoms with Crippen LogP contribution in [0, 0.1) is 12.8 Å². The molecule has 2 aliphatic rings. The Morgan fingerprint density at radius 3 is 3.00 bits per heavy atom. The molecule has 0 radical (unpaired) electrons. The van der Waals surface area contributed by atoms with Crippen molar-refractivity contribution in [2.24, 2.45) is 13.0 Å². The molecule has 7 nitrogen and oxygen atoms in total. The maximum absolute atomic E-state index is 12.9. The molecule has 0 spiro atoms. The Labute approximate surface area is 177 Å². The molecule has 0 bridgehead atoms. The fourth-order valence-electron chi connectivity index (χ4n) is 3.95. The third kappa shape index (κ3) is 5.10. The number of rotatable bonds is 6. The molecular weight excluding hydrogens is 392 g/mol. The van der Waals surface area contributed by atoms with Gasteiger partial charge in [-0.05, 0) is 24.1 Å². The summed E-state index contributed by atoms with van der Waals surface area (Å²) in [5.74, 6) is 0.957. The maximum Gasteiger partial charge on any atom is 0.225 e. The highest BCUT2D eigenvalue weighted by Gasteiger charge is 2.34. The van der Waals surface area contributed by atoms with Crippen LogP contribution in [0.5, 0.6) is 5.75 Å². The van der Waals surface area contributed by atoms with Crippen molar-refractivity contribution in [3.63, 3.8) is 0 Å². The number of hydrogen-bond acceptors (Lipinski definition) is 5. The molecule has 8 heteroatoms. The lowest BCUT2D eigenvalue weighted by molar-refractivity contribution is -0.125. The van der Waals surface area contributed by atoms with E-state index in [1.165, 1.54) is 0 Å². The SMILES string of the molecule is Cc1ccc(CNC(=O)[C@H]2CNC[C@@H]2c2cnn(C)c2)c(OC2CCOC2)c1.Cl. The Morgan fingerprint density at radius 2 is 2.28 bits per heavy atom. The summed E-state index contributed by atoms with van der Waals surface area (Å²) in [5, 5.41) is 10.7. The minimum absolute atomic E-state index is 0. The number of aromatic nitrogens is 2. The monoisotopic (exact) mass is 420 g/mol. The number of halogens is 1. The molecule has 2 N–H and O–H groups in total. The lowest BCUT2D eigenvalue weighted by Crippen LogP contribution is -2.34. The summed E-state index contributed by atoms with van der Waals surface area (Å²) in [6.45, 7) is 5.35. The predicted molar refractivity (Wildman–Crippen MR) is 112 cm³/mol. The highest BCUT2D eigenvalue weighted by Crippen LogP contribution is 2.28. The molecule has 1 aromatic carbocycles. The second kappa shape index (κ2) is 9.61. The lowest BCUT2D eigenvalue weighted by Gasteiger charge is -2.19. The minimum Gasteiger partial charge on any atom is -0.488 e. The van der Waals surface area contributed by atoms with Crippen LogP contribution in [-0.4, -0.2) is 48.1 Å². The van der Waals surface area contributed by atoms with E-state index < -0.39 is 0 Å². The molecule has 158 valence electrons. The minimum atomic E-state index is -0.0951. The summed E-state index contributed by atoms with van der Waals surface area (Å²) in [5.41, 5.74) is 3.24. The number of carbonyl (C=O) groups excluding carboxylic acids is 1. The van der Waals surface area contributed by atoms with Crippen LogP contribution < -0.4 is 15.4 Å². The largest absolute Gasteiger partial charge is 0.488 e. The lowest BCUT2D eigenvalue weighted by atomic mass is 9.90. The van der Waals surface area contributed by atoms with Crippen LogP contribution in [-0.2, 0) is 23.1 Å². The van der Waals surface area contributed by atoms with Gasteiger partial charge in [0.25, 0.3) is 0 Å². The number of ether oxygens (including phenoxy) is 2. The van der Waals surface area contributed by atoms with Crippen molar-refractivity contribution in [2.75, 3.05) is 26.3 Å². The van der Waals surface area contributed by atoms with Gasteiger partial charge in [-0.2, -0.15) is 5.10 Å². The molecule has 1 aromatic heterocycles. The molecule has 2 aliphatic heterocycles. The molecule has 4 rings (SSSR count). The van der Waals surface area contributed by atoms with Crippen LogP contribution in [0.4, 0.5) is 0 Å². The number of carbonyl (C=O) groups is 1. The normalized spacial score (nSPS) is 23.6. The van der Waals surface area contributed by atoms with Crippen molar-refractivity contribution in [3.8, 4) is 5.75 Å². The summed E-state index contributed by atoms with van der Waals surface area (Å²) >= 11 is 0. The van der Waals surface area contributed by atoms with Crippen molar-refractivity contribution in [1.29, 1.82) is 0 Å². The fourth-order valence-corrected chi connectivity index (χ4v) is 3.95. The Hall–Kier alpha value is -2.09. The first-order valence-corrected chi connectivity index (χ1v) is 9.91. The van der Waals surface area contributed by atoms with Gasteiger partial charge in [-0.25, -0.2) is 0 Å². The Balaban J connectivity index is 0.00000240. The first-order valence-electron chi connectivity index (χ1n) is 9.91. The predicted octanol–water partition coefficient (Wildman–Crippen LogP) is 1.94. The molecule has 3 atom stereocenters. The third-order valence-electron chi connectivity index (χ3n) is 5.56. The first-order chi connectivity index (χ1) is 13.6. The van der Waals surface area contributed by atoms with Gasteiger partial charge < -0.3 is 20.1 Å². The Kier molecular flexibility index (Phi) is 7.16. The number of hydrogen-bond donors (Lipinski definition) is 2. The van der Waals surface area contributed by atoms with E-state index in [2.05, 4.69) is 21.8 Å². The van der Waals surface area contributed by atoms with Gasteiger partial charge in [0.05, 0.1) is 25.3 Å². The van der Waals surface area contributed by atoms with Crippen LogP contribution in [0.2, 0.25) is 0 Å². The van der Waals surface area contributed by atoms with Crippen LogP contribution >= 0.6 is 12.4 Å². The van der Waals surface area contributed by atoms with E-state index in [4.69, 9.17) is 9.47 Å². The zero-order valence-electron chi connectivity index (χ0n) is 16.9. The molecule has 3 heterocycles. The number of benzene rings is 1. The molecule has 29 heavy (non-hydrogen) atoms. The van der Waals surface area contributed by atoms with Gasteiger partial charge in [0.15, 0.2) is 0 Å². The molecule has 2 aromatic rings. The third-order valence-corrected chi connectivity index (χ3v) is 5.56. The second-order valence-electron chi connectivity index (χ2n) is 7.75. The van der Waals surface area contributed by atoms with E-state index in [1.54, 1.807) is 4.68 Å². The number of aryl methyl sites for hydroxylation is 2. The topological polar surface area (TPSA) is 77.4 Å². The van der Waals surface area contributed by atoms with Crippen LogP contribution in [0.3, 0.4) is 0 Å².